The molecule has 6 heteroatoms. The van der Waals surface area contributed by atoms with Crippen LogP contribution < -0.4 is 15.4 Å². The Bertz CT molecular complexity index is 650. The van der Waals surface area contributed by atoms with E-state index >= 15 is 0 Å². The van der Waals surface area contributed by atoms with Crippen LogP contribution in [0, 0.1) is 17.2 Å². The minimum Gasteiger partial charge on any atom is -0.486 e. The van der Waals surface area contributed by atoms with Crippen LogP contribution in [0.3, 0.4) is 0 Å². The highest BCUT2D eigenvalue weighted by atomic mass is 19.1. The molecule has 2 N–H and O–H groups in total. The van der Waals surface area contributed by atoms with Crippen molar-refractivity contribution in [1.82, 2.24) is 10.6 Å². The lowest BCUT2D eigenvalue weighted by Gasteiger charge is -2.54. The summed E-state index contributed by atoms with van der Waals surface area (Å²) in [6.45, 7) is 10.5. The largest absolute Gasteiger partial charge is 0.486 e. The molecule has 1 saturated carbocycles. The number of nitrogens with zero attached hydrogens (tertiary/aromatic N) is 1. The van der Waals surface area contributed by atoms with E-state index in [-0.39, 0.29) is 23.1 Å². The van der Waals surface area contributed by atoms with Gasteiger partial charge in [-0.15, -0.1) is 0 Å². The third-order valence-electron chi connectivity index (χ3n) is 5.41. The maximum Gasteiger partial charge on any atom is 0.191 e. The number of rotatable bonds is 6. The van der Waals surface area contributed by atoms with Crippen molar-refractivity contribution in [2.75, 3.05) is 19.7 Å². The number of nitrogens with one attached hydrogen (secondary N) is 2. The van der Waals surface area contributed by atoms with Gasteiger partial charge in [-0.1, -0.05) is 26.0 Å². The van der Waals surface area contributed by atoms with E-state index in [2.05, 4.69) is 29.5 Å². The maximum atomic E-state index is 13.7. The van der Waals surface area contributed by atoms with Gasteiger partial charge in [-0.2, -0.15) is 0 Å². The van der Waals surface area contributed by atoms with E-state index in [4.69, 9.17) is 9.47 Å². The Balaban J connectivity index is 1.59. The average Bonchev–Trinajstić information content (AvgIpc) is 3.06. The molecular formula is C20H30FN3O2. The number of aliphatic imine (C=N–C) groups is 1. The van der Waals surface area contributed by atoms with Crippen LogP contribution in [0.4, 0.5) is 4.39 Å². The van der Waals surface area contributed by atoms with Crippen LogP contribution in [0.25, 0.3) is 0 Å². The number of fused-ring (bicyclic) bond motifs is 1. The monoisotopic (exact) mass is 363 g/mol. The second-order valence-corrected chi connectivity index (χ2v) is 7.77. The van der Waals surface area contributed by atoms with E-state index in [1.165, 1.54) is 6.07 Å². The molecule has 144 valence electrons. The van der Waals surface area contributed by atoms with Crippen LogP contribution in [0.1, 0.15) is 34.1 Å². The number of hydrogen-bond acceptors (Lipinski definition) is 3. The molecule has 3 rings (SSSR count). The molecule has 26 heavy (non-hydrogen) atoms. The molecule has 1 aliphatic heterocycles. The van der Waals surface area contributed by atoms with Crippen LogP contribution in [0.2, 0.25) is 0 Å². The highest BCUT2D eigenvalue weighted by Gasteiger charge is 2.59. The van der Waals surface area contributed by atoms with Crippen molar-refractivity contribution in [1.29, 1.82) is 0 Å². The van der Waals surface area contributed by atoms with Crippen LogP contribution in [0.5, 0.6) is 5.75 Å². The summed E-state index contributed by atoms with van der Waals surface area (Å²) in [5.74, 6) is 1.23. The van der Waals surface area contributed by atoms with E-state index in [0.717, 1.165) is 25.5 Å². The summed E-state index contributed by atoms with van der Waals surface area (Å²) in [5, 5.41) is 6.87. The van der Waals surface area contributed by atoms with Crippen molar-refractivity contribution in [3.63, 3.8) is 0 Å². The molecule has 1 aromatic carbocycles. The molecule has 0 aromatic heterocycles. The van der Waals surface area contributed by atoms with Gasteiger partial charge in [-0.3, -0.25) is 0 Å². The van der Waals surface area contributed by atoms with Gasteiger partial charge in [0.1, 0.15) is 6.10 Å². The van der Waals surface area contributed by atoms with Crippen LogP contribution >= 0.6 is 0 Å². The van der Waals surface area contributed by atoms with Crippen LogP contribution in [-0.4, -0.2) is 43.9 Å². The van der Waals surface area contributed by atoms with Gasteiger partial charge < -0.3 is 20.1 Å². The molecule has 0 bridgehead atoms. The van der Waals surface area contributed by atoms with Crippen molar-refractivity contribution >= 4 is 5.96 Å². The minimum absolute atomic E-state index is 0.0899. The van der Waals surface area contributed by atoms with E-state index in [0.29, 0.717) is 24.6 Å². The summed E-state index contributed by atoms with van der Waals surface area (Å²) >= 11 is 0. The molecule has 2 fully saturated rings. The molecule has 5 nitrogen and oxygen atoms in total. The number of halogens is 1. The zero-order valence-electron chi connectivity index (χ0n) is 16.1. The Labute approximate surface area is 155 Å². The smallest absolute Gasteiger partial charge is 0.191 e. The average molecular weight is 363 g/mol. The second-order valence-electron chi connectivity index (χ2n) is 7.77. The number of hydrogen-bond donors (Lipinski definition) is 2. The van der Waals surface area contributed by atoms with Crippen molar-refractivity contribution < 1.29 is 13.9 Å². The lowest BCUT2D eigenvalue weighted by molar-refractivity contribution is -0.106. The van der Waals surface area contributed by atoms with E-state index < -0.39 is 0 Å². The lowest BCUT2D eigenvalue weighted by atomic mass is 9.57. The predicted octanol–water partition coefficient (Wildman–Crippen LogP) is 2.96. The van der Waals surface area contributed by atoms with Crippen molar-refractivity contribution in [3.8, 4) is 5.75 Å². The first-order valence-electron chi connectivity index (χ1n) is 9.51. The first-order valence-corrected chi connectivity index (χ1v) is 9.51. The lowest BCUT2D eigenvalue weighted by Crippen LogP contribution is -2.68. The first kappa shape index (κ1) is 19.0. The number of benzene rings is 1. The quantitative estimate of drug-likeness (QED) is 0.603. The molecule has 0 spiro atoms. The summed E-state index contributed by atoms with van der Waals surface area (Å²) < 4.78 is 25.2. The predicted molar refractivity (Wildman–Crippen MR) is 101 cm³/mol. The normalized spacial score (nSPS) is 28.0. The summed E-state index contributed by atoms with van der Waals surface area (Å²) in [6.07, 6.45) is 1.21. The Hall–Kier alpha value is -1.82. The van der Waals surface area contributed by atoms with E-state index in [9.17, 15) is 4.39 Å². The molecular weight excluding hydrogens is 333 g/mol. The maximum absolute atomic E-state index is 13.7. The van der Waals surface area contributed by atoms with E-state index in [1.807, 2.05) is 13.8 Å². The molecule has 2 aliphatic rings. The third kappa shape index (κ3) is 3.80. The summed E-state index contributed by atoms with van der Waals surface area (Å²) in [5.41, 5.74) is 0.0899. The molecule has 1 saturated heterocycles. The van der Waals surface area contributed by atoms with E-state index in [1.54, 1.807) is 18.2 Å². The zero-order valence-corrected chi connectivity index (χ0v) is 16.1. The Morgan fingerprint density at radius 3 is 2.92 bits per heavy atom. The highest BCUT2D eigenvalue weighted by Crippen LogP contribution is 2.52. The van der Waals surface area contributed by atoms with Gasteiger partial charge in [-0.05, 0) is 32.4 Å². The van der Waals surface area contributed by atoms with Crippen molar-refractivity contribution in [3.05, 3.63) is 30.1 Å². The highest BCUT2D eigenvalue weighted by molar-refractivity contribution is 5.80. The van der Waals surface area contributed by atoms with Crippen molar-refractivity contribution in [2.24, 2.45) is 16.3 Å². The first-order chi connectivity index (χ1) is 12.4. The van der Waals surface area contributed by atoms with Gasteiger partial charge in [0.05, 0.1) is 12.6 Å². The molecule has 1 aliphatic carbocycles. The fourth-order valence-corrected chi connectivity index (χ4v) is 4.10. The fourth-order valence-electron chi connectivity index (χ4n) is 4.10. The second kappa shape index (κ2) is 7.82. The van der Waals surface area contributed by atoms with Gasteiger partial charge in [0, 0.05) is 30.5 Å². The van der Waals surface area contributed by atoms with Gasteiger partial charge in [0.2, 0.25) is 0 Å². The van der Waals surface area contributed by atoms with Gasteiger partial charge in [-0.25, -0.2) is 9.38 Å². The fraction of sp³-hybridized carbons (Fsp3) is 0.650. The summed E-state index contributed by atoms with van der Waals surface area (Å²) in [4.78, 5) is 4.65. The standard InChI is InChI=1S/C20H30FN3O2/c1-5-22-19(24-17-14-10-11-25-18(14)20(17,3)4)23-12-13(2)26-16-9-7-6-8-15(16)21/h6-9,13-14,17-18H,5,10-12H2,1-4H3,(H2,22,23,24). The molecule has 0 amide bonds. The van der Waals surface area contributed by atoms with Gasteiger partial charge in [0.15, 0.2) is 17.5 Å². The molecule has 1 heterocycles. The Morgan fingerprint density at radius 2 is 2.19 bits per heavy atom. The molecule has 4 atom stereocenters. The van der Waals surface area contributed by atoms with Gasteiger partial charge in [0.25, 0.3) is 0 Å². The summed E-state index contributed by atoms with van der Waals surface area (Å²) in [7, 11) is 0. The number of ether oxygens (including phenoxy) is 2. The number of guanidine groups is 1. The SMILES string of the molecule is CCNC(=NCC(C)Oc1ccccc1F)NC1C2CCOC2C1(C)C. The summed E-state index contributed by atoms with van der Waals surface area (Å²) in [6, 6.07) is 6.79. The molecule has 1 aromatic rings. The number of para-hydroxylation sites is 1. The van der Waals surface area contributed by atoms with Crippen LogP contribution in [0.15, 0.2) is 29.3 Å². The van der Waals surface area contributed by atoms with Crippen LogP contribution in [-0.2, 0) is 4.74 Å². The van der Waals surface area contributed by atoms with Crippen molar-refractivity contribution in [2.45, 2.75) is 52.4 Å². The Kier molecular flexibility index (Phi) is 5.70. The zero-order chi connectivity index (χ0) is 18.7. The molecule has 0 radical (unpaired) electrons. The topological polar surface area (TPSA) is 54.9 Å². The van der Waals surface area contributed by atoms with Gasteiger partial charge >= 0.3 is 0 Å². The minimum atomic E-state index is -0.350. The third-order valence-corrected chi connectivity index (χ3v) is 5.41. The Morgan fingerprint density at radius 1 is 1.42 bits per heavy atom. The molecule has 4 unspecified atom stereocenters.